The van der Waals surface area contributed by atoms with Gasteiger partial charge >= 0.3 is 5.97 Å². The predicted molar refractivity (Wildman–Crippen MR) is 103 cm³/mol. The molecule has 1 heterocycles. The number of hydrogen-bond acceptors (Lipinski definition) is 4. The summed E-state index contributed by atoms with van der Waals surface area (Å²) in [6, 6.07) is 13.8. The summed E-state index contributed by atoms with van der Waals surface area (Å²) < 4.78 is 17.2. The highest BCUT2D eigenvalue weighted by Gasteiger charge is 2.25. The summed E-state index contributed by atoms with van der Waals surface area (Å²) in [5, 5.41) is 9.11. The van der Waals surface area contributed by atoms with Crippen LogP contribution in [-0.4, -0.2) is 30.4 Å². The summed E-state index contributed by atoms with van der Waals surface area (Å²) in [6.45, 7) is 3.27. The Morgan fingerprint density at radius 1 is 1.19 bits per heavy atom. The number of hydrogen-bond donors (Lipinski definition) is 1. The highest BCUT2D eigenvalue weighted by molar-refractivity contribution is 5.73. The Balaban J connectivity index is 1.46. The topological polar surface area (TPSA) is 65.0 Å². The maximum Gasteiger partial charge on any atom is 0.344 e. The van der Waals surface area contributed by atoms with Crippen molar-refractivity contribution >= 4 is 5.97 Å². The highest BCUT2D eigenvalue weighted by Crippen LogP contribution is 2.31. The minimum absolute atomic E-state index is 0.499. The van der Waals surface area contributed by atoms with Crippen LogP contribution in [0, 0.1) is 0 Å². The number of rotatable bonds is 9. The van der Waals surface area contributed by atoms with Crippen LogP contribution in [0.1, 0.15) is 37.3 Å². The molecule has 27 heavy (non-hydrogen) atoms. The predicted octanol–water partition coefficient (Wildman–Crippen LogP) is 4.27. The fourth-order valence-corrected chi connectivity index (χ4v) is 3.17. The fourth-order valence-electron chi connectivity index (χ4n) is 3.17. The summed E-state index contributed by atoms with van der Waals surface area (Å²) in [6.07, 6.45) is 3.29. The lowest BCUT2D eigenvalue weighted by Crippen LogP contribution is -2.30. The molecule has 0 fully saturated rings. The van der Waals surface area contributed by atoms with E-state index in [1.807, 2.05) is 30.3 Å². The number of ether oxygens (including phenoxy) is 3. The van der Waals surface area contributed by atoms with Crippen molar-refractivity contribution in [2.24, 2.45) is 0 Å². The van der Waals surface area contributed by atoms with Crippen LogP contribution < -0.4 is 14.2 Å². The first-order valence-electron chi connectivity index (χ1n) is 9.53. The number of carboxylic acids is 1. The number of para-hydroxylation sites is 1. The zero-order valence-corrected chi connectivity index (χ0v) is 15.6. The molecule has 1 N–H and O–H groups in total. The lowest BCUT2D eigenvalue weighted by molar-refractivity contribution is -0.145. The normalized spacial score (nSPS) is 15.5. The van der Waals surface area contributed by atoms with Gasteiger partial charge in [-0.15, -0.1) is 0 Å². The van der Waals surface area contributed by atoms with Crippen LogP contribution >= 0.6 is 0 Å². The third kappa shape index (κ3) is 5.16. The molecule has 1 atom stereocenters. The highest BCUT2D eigenvalue weighted by atomic mass is 16.5. The first kappa shape index (κ1) is 19.1. The van der Waals surface area contributed by atoms with Crippen molar-refractivity contribution < 1.29 is 24.1 Å². The molecule has 3 rings (SSSR count). The SMILES string of the molecule is CCCc1ccccc1OCCCOc1ccc2c(c1)OC(C(=O)O)CC2. The number of fused-ring (bicyclic) bond motifs is 1. The number of carboxylic acid groups (broad SMARTS) is 1. The Hall–Kier alpha value is -2.69. The van der Waals surface area contributed by atoms with Crippen LogP contribution in [-0.2, 0) is 17.6 Å². The molecule has 0 aliphatic carbocycles. The summed E-state index contributed by atoms with van der Waals surface area (Å²) in [4.78, 5) is 11.1. The van der Waals surface area contributed by atoms with E-state index in [-0.39, 0.29) is 0 Å². The molecule has 0 aromatic heterocycles. The second kappa shape index (κ2) is 9.31. The van der Waals surface area contributed by atoms with Gasteiger partial charge in [0.15, 0.2) is 6.10 Å². The molecular formula is C22H26O5. The van der Waals surface area contributed by atoms with Gasteiger partial charge in [-0.05, 0) is 42.5 Å². The standard InChI is InChI=1S/C22H26O5/c1-2-6-16-7-3-4-8-19(16)26-14-5-13-25-18-11-9-17-10-12-20(22(23)24)27-21(17)15-18/h3-4,7-9,11,15,20H,2,5-6,10,12-14H2,1H3,(H,23,24). The Kier molecular flexibility index (Phi) is 6.58. The number of aliphatic carboxylic acids is 1. The van der Waals surface area contributed by atoms with E-state index in [1.165, 1.54) is 5.56 Å². The van der Waals surface area contributed by atoms with E-state index in [0.717, 1.165) is 30.6 Å². The Bertz CT molecular complexity index is 771. The first-order chi connectivity index (χ1) is 13.2. The van der Waals surface area contributed by atoms with Crippen molar-refractivity contribution in [1.82, 2.24) is 0 Å². The molecule has 1 unspecified atom stereocenters. The second-order valence-corrected chi connectivity index (χ2v) is 6.66. The van der Waals surface area contributed by atoms with Crippen molar-refractivity contribution in [2.45, 2.75) is 45.1 Å². The smallest absolute Gasteiger partial charge is 0.344 e. The van der Waals surface area contributed by atoms with Gasteiger partial charge in [-0.3, -0.25) is 0 Å². The van der Waals surface area contributed by atoms with Crippen LogP contribution in [0.5, 0.6) is 17.2 Å². The van der Waals surface area contributed by atoms with E-state index in [1.54, 1.807) is 6.07 Å². The number of benzene rings is 2. The van der Waals surface area contributed by atoms with E-state index in [0.29, 0.717) is 37.6 Å². The summed E-state index contributed by atoms with van der Waals surface area (Å²) in [5.74, 6) is 1.32. The Labute approximate surface area is 159 Å². The molecular weight excluding hydrogens is 344 g/mol. The maximum absolute atomic E-state index is 11.1. The lowest BCUT2D eigenvalue weighted by atomic mass is 10.0. The summed E-state index contributed by atoms with van der Waals surface area (Å²) in [5.41, 5.74) is 2.26. The molecule has 0 amide bonds. The third-order valence-corrected chi connectivity index (χ3v) is 4.57. The van der Waals surface area contributed by atoms with Gasteiger partial charge in [0.1, 0.15) is 17.2 Å². The van der Waals surface area contributed by atoms with Gasteiger partial charge in [0.05, 0.1) is 13.2 Å². The monoisotopic (exact) mass is 370 g/mol. The van der Waals surface area contributed by atoms with Crippen LogP contribution in [0.2, 0.25) is 0 Å². The zero-order valence-electron chi connectivity index (χ0n) is 15.6. The van der Waals surface area contributed by atoms with Crippen LogP contribution in [0.25, 0.3) is 0 Å². The summed E-state index contributed by atoms with van der Waals surface area (Å²) >= 11 is 0. The Morgan fingerprint density at radius 2 is 2.00 bits per heavy atom. The van der Waals surface area contributed by atoms with E-state index < -0.39 is 12.1 Å². The van der Waals surface area contributed by atoms with Crippen molar-refractivity contribution in [2.75, 3.05) is 13.2 Å². The van der Waals surface area contributed by atoms with Gasteiger partial charge in [-0.2, -0.15) is 0 Å². The van der Waals surface area contributed by atoms with Crippen molar-refractivity contribution in [1.29, 1.82) is 0 Å². The van der Waals surface area contributed by atoms with Crippen molar-refractivity contribution in [3.63, 3.8) is 0 Å². The second-order valence-electron chi connectivity index (χ2n) is 6.66. The molecule has 144 valence electrons. The molecule has 0 radical (unpaired) electrons. The van der Waals surface area contributed by atoms with E-state index in [9.17, 15) is 4.79 Å². The first-order valence-corrected chi connectivity index (χ1v) is 9.53. The van der Waals surface area contributed by atoms with Crippen molar-refractivity contribution in [3.8, 4) is 17.2 Å². The minimum Gasteiger partial charge on any atom is -0.493 e. The van der Waals surface area contributed by atoms with Gasteiger partial charge in [0.25, 0.3) is 0 Å². The molecule has 5 nitrogen and oxygen atoms in total. The van der Waals surface area contributed by atoms with Gasteiger partial charge < -0.3 is 19.3 Å². The number of aryl methyl sites for hydroxylation is 2. The molecule has 1 aliphatic heterocycles. The van der Waals surface area contributed by atoms with Gasteiger partial charge in [-0.1, -0.05) is 37.6 Å². The number of carbonyl (C=O) groups is 1. The van der Waals surface area contributed by atoms with E-state index in [2.05, 4.69) is 13.0 Å². The molecule has 0 saturated carbocycles. The quantitative estimate of drug-likeness (QED) is 0.668. The largest absolute Gasteiger partial charge is 0.493 e. The molecule has 5 heteroatoms. The molecule has 2 aromatic carbocycles. The third-order valence-electron chi connectivity index (χ3n) is 4.57. The molecule has 0 spiro atoms. The van der Waals surface area contributed by atoms with Gasteiger partial charge in [0, 0.05) is 12.5 Å². The maximum atomic E-state index is 11.1. The molecule has 0 bridgehead atoms. The lowest BCUT2D eigenvalue weighted by Gasteiger charge is -2.23. The average molecular weight is 370 g/mol. The fraction of sp³-hybridized carbons (Fsp3) is 0.409. The van der Waals surface area contributed by atoms with Gasteiger partial charge in [0.2, 0.25) is 0 Å². The van der Waals surface area contributed by atoms with Gasteiger partial charge in [-0.25, -0.2) is 4.79 Å². The van der Waals surface area contributed by atoms with Crippen LogP contribution in [0.15, 0.2) is 42.5 Å². The van der Waals surface area contributed by atoms with Crippen LogP contribution in [0.4, 0.5) is 0 Å². The summed E-state index contributed by atoms with van der Waals surface area (Å²) in [7, 11) is 0. The van der Waals surface area contributed by atoms with Crippen LogP contribution in [0.3, 0.4) is 0 Å². The minimum atomic E-state index is -0.924. The average Bonchev–Trinajstić information content (AvgIpc) is 2.68. The molecule has 2 aromatic rings. The van der Waals surface area contributed by atoms with E-state index >= 15 is 0 Å². The molecule has 0 saturated heterocycles. The van der Waals surface area contributed by atoms with Crippen molar-refractivity contribution in [3.05, 3.63) is 53.6 Å². The zero-order chi connectivity index (χ0) is 19.1. The molecule has 1 aliphatic rings. The Morgan fingerprint density at radius 3 is 2.81 bits per heavy atom. The van der Waals surface area contributed by atoms with E-state index in [4.69, 9.17) is 19.3 Å².